The molecule has 1 saturated heterocycles. The van der Waals surface area contributed by atoms with Crippen molar-refractivity contribution in [3.05, 3.63) is 52.0 Å². The van der Waals surface area contributed by atoms with E-state index in [0.717, 1.165) is 31.7 Å². The van der Waals surface area contributed by atoms with Crippen molar-refractivity contribution in [2.45, 2.75) is 12.6 Å². The van der Waals surface area contributed by atoms with Crippen LogP contribution >= 0.6 is 23.2 Å². The van der Waals surface area contributed by atoms with Gasteiger partial charge in [0.05, 0.1) is 20.8 Å². The molecule has 2 aromatic rings. The molecule has 34 heavy (non-hydrogen) atoms. The summed E-state index contributed by atoms with van der Waals surface area (Å²) in [5, 5.41) is 14.4. The highest BCUT2D eigenvalue weighted by Crippen LogP contribution is 2.31. The first-order valence-corrected chi connectivity index (χ1v) is 11.8. The molecule has 1 atom stereocenters. The molecule has 2 N–H and O–H groups in total. The summed E-state index contributed by atoms with van der Waals surface area (Å²) in [7, 11) is 3.15. The molecule has 0 spiro atoms. The first-order chi connectivity index (χ1) is 16.4. The van der Waals surface area contributed by atoms with E-state index in [4.69, 9.17) is 37.4 Å². The molecule has 0 saturated carbocycles. The molecule has 2 aromatic carbocycles. The van der Waals surface area contributed by atoms with Crippen LogP contribution in [-0.4, -0.2) is 87.0 Å². The number of benzene rings is 2. The van der Waals surface area contributed by atoms with Gasteiger partial charge in [0.25, 0.3) is 0 Å². The second-order valence-electron chi connectivity index (χ2n) is 8.07. The van der Waals surface area contributed by atoms with Gasteiger partial charge >= 0.3 is 0 Å². The number of β-amino-alcohol motifs (C(OH)–C–C–N with tert-alkyl or cyclic N) is 1. The maximum atomic E-state index is 12.3. The lowest BCUT2D eigenvalue weighted by atomic mass is 10.2. The highest BCUT2D eigenvalue weighted by molar-refractivity contribution is 6.35. The molecular formula is C24H31Cl2N3O5. The summed E-state index contributed by atoms with van der Waals surface area (Å²) >= 11 is 12.1. The summed E-state index contributed by atoms with van der Waals surface area (Å²) in [4.78, 5) is 16.6. The Morgan fingerprint density at radius 2 is 1.76 bits per heavy atom. The fourth-order valence-electron chi connectivity index (χ4n) is 3.68. The highest BCUT2D eigenvalue weighted by Gasteiger charge is 2.21. The average molecular weight is 512 g/mol. The Balaban J connectivity index is 1.36. The van der Waals surface area contributed by atoms with Crippen LogP contribution in [0.3, 0.4) is 0 Å². The zero-order chi connectivity index (χ0) is 24.5. The fraction of sp³-hybridized carbons (Fsp3) is 0.458. The quantitative estimate of drug-likeness (QED) is 0.479. The van der Waals surface area contributed by atoms with Gasteiger partial charge in [-0.05, 0) is 29.8 Å². The number of aliphatic hydroxyl groups is 1. The van der Waals surface area contributed by atoms with E-state index in [0.29, 0.717) is 46.9 Å². The number of amides is 1. The van der Waals surface area contributed by atoms with Crippen LogP contribution in [0, 0.1) is 0 Å². The van der Waals surface area contributed by atoms with Crippen molar-refractivity contribution >= 4 is 29.1 Å². The van der Waals surface area contributed by atoms with Crippen molar-refractivity contribution in [3.8, 4) is 17.2 Å². The van der Waals surface area contributed by atoms with Crippen LogP contribution < -0.4 is 19.5 Å². The summed E-state index contributed by atoms with van der Waals surface area (Å²) in [6.45, 7) is 4.31. The number of piperazine rings is 1. The van der Waals surface area contributed by atoms with Crippen molar-refractivity contribution in [1.82, 2.24) is 15.1 Å². The largest absolute Gasteiger partial charge is 0.497 e. The number of nitrogens with one attached hydrogen (secondary N) is 1. The van der Waals surface area contributed by atoms with Crippen molar-refractivity contribution in [2.24, 2.45) is 0 Å². The highest BCUT2D eigenvalue weighted by atomic mass is 35.5. The van der Waals surface area contributed by atoms with Gasteiger partial charge in [0.1, 0.15) is 18.5 Å². The molecule has 186 valence electrons. The van der Waals surface area contributed by atoms with E-state index in [1.165, 1.54) is 0 Å². The van der Waals surface area contributed by atoms with E-state index in [1.807, 2.05) is 6.07 Å². The standard InChI is InChI=1S/C24H31Cl2N3O5/c1-32-20-5-6-22(33-2)23(12-20)34-16-19(30)14-28-7-9-29(10-8-28)15-24(31)27-13-17-3-4-18(25)11-21(17)26/h3-6,11-12,19,30H,7-10,13-16H2,1-2H3,(H,27,31). The number of halogens is 2. The Morgan fingerprint density at radius 1 is 1.03 bits per heavy atom. The van der Waals surface area contributed by atoms with Crippen LogP contribution in [0.5, 0.6) is 17.2 Å². The topological polar surface area (TPSA) is 83.5 Å². The molecule has 3 rings (SSSR count). The van der Waals surface area contributed by atoms with E-state index in [9.17, 15) is 9.90 Å². The maximum Gasteiger partial charge on any atom is 0.234 e. The molecule has 0 aromatic heterocycles. The van der Waals surface area contributed by atoms with Crippen molar-refractivity contribution < 1.29 is 24.1 Å². The van der Waals surface area contributed by atoms with Crippen LogP contribution in [0.25, 0.3) is 0 Å². The van der Waals surface area contributed by atoms with Crippen LogP contribution in [0.1, 0.15) is 5.56 Å². The smallest absolute Gasteiger partial charge is 0.234 e. The molecule has 1 aliphatic rings. The second-order valence-corrected chi connectivity index (χ2v) is 8.91. The minimum atomic E-state index is -0.658. The SMILES string of the molecule is COc1ccc(OC)c(OCC(O)CN2CCN(CC(=O)NCc3ccc(Cl)cc3Cl)CC2)c1. The van der Waals surface area contributed by atoms with Crippen molar-refractivity contribution in [3.63, 3.8) is 0 Å². The van der Waals surface area contributed by atoms with Gasteiger partial charge in [0.15, 0.2) is 11.5 Å². The average Bonchev–Trinajstić information content (AvgIpc) is 2.83. The number of nitrogens with zero attached hydrogens (tertiary/aromatic N) is 2. The van der Waals surface area contributed by atoms with Gasteiger partial charge in [-0.15, -0.1) is 0 Å². The fourth-order valence-corrected chi connectivity index (χ4v) is 4.16. The molecule has 1 fully saturated rings. The maximum absolute atomic E-state index is 12.3. The van der Waals surface area contributed by atoms with E-state index in [-0.39, 0.29) is 12.5 Å². The Kier molecular flexibility index (Phi) is 10.1. The lowest BCUT2D eigenvalue weighted by molar-refractivity contribution is -0.122. The lowest BCUT2D eigenvalue weighted by Crippen LogP contribution is -2.51. The van der Waals surface area contributed by atoms with Crippen LogP contribution in [0.15, 0.2) is 36.4 Å². The Bertz CT molecular complexity index is 954. The van der Waals surface area contributed by atoms with Crippen molar-refractivity contribution in [2.75, 3.05) is 60.1 Å². The molecule has 1 unspecified atom stereocenters. The molecule has 0 radical (unpaired) electrons. The Hall–Kier alpha value is -2.23. The van der Waals surface area contributed by atoms with Gasteiger partial charge in [0, 0.05) is 55.4 Å². The number of hydrogen-bond acceptors (Lipinski definition) is 7. The van der Waals surface area contributed by atoms with Gasteiger partial charge in [-0.3, -0.25) is 14.6 Å². The number of carbonyl (C=O) groups excluding carboxylic acids is 1. The first-order valence-electron chi connectivity index (χ1n) is 11.1. The number of carbonyl (C=O) groups is 1. The van der Waals surface area contributed by atoms with Crippen LogP contribution in [-0.2, 0) is 11.3 Å². The van der Waals surface area contributed by atoms with E-state index < -0.39 is 6.10 Å². The number of methoxy groups -OCH3 is 2. The minimum absolute atomic E-state index is 0.0554. The number of hydrogen-bond donors (Lipinski definition) is 2. The molecule has 10 heteroatoms. The molecule has 0 aliphatic carbocycles. The van der Waals surface area contributed by atoms with E-state index in [2.05, 4.69) is 15.1 Å². The van der Waals surface area contributed by atoms with Gasteiger partial charge in [-0.2, -0.15) is 0 Å². The van der Waals surface area contributed by atoms with Crippen molar-refractivity contribution in [1.29, 1.82) is 0 Å². The molecular weight excluding hydrogens is 481 g/mol. The number of aliphatic hydroxyl groups excluding tert-OH is 1. The van der Waals surface area contributed by atoms with Gasteiger partial charge in [-0.25, -0.2) is 0 Å². The second kappa shape index (κ2) is 13.0. The molecule has 8 nitrogen and oxygen atoms in total. The third-order valence-electron chi connectivity index (χ3n) is 5.59. The molecule has 1 aliphatic heterocycles. The Morgan fingerprint density at radius 3 is 2.44 bits per heavy atom. The molecule has 1 amide bonds. The minimum Gasteiger partial charge on any atom is -0.497 e. The van der Waals surface area contributed by atoms with E-state index in [1.54, 1.807) is 44.6 Å². The van der Waals surface area contributed by atoms with E-state index >= 15 is 0 Å². The Labute approximate surface area is 210 Å². The zero-order valence-corrected chi connectivity index (χ0v) is 20.9. The normalized spacial score (nSPS) is 15.6. The monoisotopic (exact) mass is 511 g/mol. The number of ether oxygens (including phenoxy) is 3. The van der Waals surface area contributed by atoms with Gasteiger partial charge < -0.3 is 24.6 Å². The van der Waals surface area contributed by atoms with Crippen LogP contribution in [0.4, 0.5) is 0 Å². The number of rotatable bonds is 11. The third kappa shape index (κ3) is 7.92. The lowest BCUT2D eigenvalue weighted by Gasteiger charge is -2.35. The predicted molar refractivity (Wildman–Crippen MR) is 132 cm³/mol. The third-order valence-corrected chi connectivity index (χ3v) is 6.18. The van der Waals surface area contributed by atoms with Gasteiger partial charge in [-0.1, -0.05) is 29.3 Å². The predicted octanol–water partition coefficient (Wildman–Crippen LogP) is 2.68. The zero-order valence-electron chi connectivity index (χ0n) is 19.4. The first kappa shape index (κ1) is 26.4. The summed E-state index contributed by atoms with van der Waals surface area (Å²) in [5.41, 5.74) is 0.826. The summed E-state index contributed by atoms with van der Waals surface area (Å²) < 4.78 is 16.3. The van der Waals surface area contributed by atoms with Gasteiger partial charge in [0.2, 0.25) is 5.91 Å². The van der Waals surface area contributed by atoms with Crippen LogP contribution in [0.2, 0.25) is 10.0 Å². The summed E-state index contributed by atoms with van der Waals surface area (Å²) in [6, 6.07) is 10.5. The summed E-state index contributed by atoms with van der Waals surface area (Å²) in [6.07, 6.45) is -0.658. The summed E-state index contributed by atoms with van der Waals surface area (Å²) in [5.74, 6) is 1.71. The molecule has 0 bridgehead atoms. The molecule has 1 heterocycles.